The minimum Gasteiger partial charge on any atom is -0.459 e. The maximum Gasteiger partial charge on any atom is 0.408 e. The van der Waals surface area contributed by atoms with Crippen LogP contribution in [0, 0.1) is 0 Å². The SMILES string of the molecule is O=C1CC[C@@H]([C@@H]2C=C[C@@H]([C@@H]3CCC(=O)O3)O[Si](c3ccccc3)(c3ccccc3)O2)O1. The highest BCUT2D eigenvalue weighted by Gasteiger charge is 2.51. The van der Waals surface area contributed by atoms with Gasteiger partial charge in [0.25, 0.3) is 0 Å². The van der Waals surface area contributed by atoms with Gasteiger partial charge < -0.3 is 18.3 Å². The lowest BCUT2D eigenvalue weighted by atomic mass is 10.1. The largest absolute Gasteiger partial charge is 0.459 e. The van der Waals surface area contributed by atoms with Crippen LogP contribution in [0.1, 0.15) is 25.7 Å². The van der Waals surface area contributed by atoms with E-state index in [0.29, 0.717) is 25.7 Å². The molecule has 5 rings (SSSR count). The quantitative estimate of drug-likeness (QED) is 0.415. The van der Waals surface area contributed by atoms with Gasteiger partial charge in [0.05, 0.1) is 0 Å². The number of esters is 2. The van der Waals surface area contributed by atoms with Crippen molar-refractivity contribution in [1.29, 1.82) is 0 Å². The summed E-state index contributed by atoms with van der Waals surface area (Å²) in [5.74, 6) is -0.416. The second-order valence-corrected chi connectivity index (χ2v) is 10.9. The first kappa shape index (κ1) is 20.2. The molecule has 7 heteroatoms. The van der Waals surface area contributed by atoms with Gasteiger partial charge in [0.2, 0.25) is 0 Å². The van der Waals surface area contributed by atoms with Crippen molar-refractivity contribution in [2.45, 2.75) is 50.1 Å². The molecule has 3 aliphatic heterocycles. The van der Waals surface area contributed by atoms with Gasteiger partial charge in [-0.2, -0.15) is 0 Å². The van der Waals surface area contributed by atoms with Crippen molar-refractivity contribution in [3.63, 3.8) is 0 Å². The third-order valence-corrected chi connectivity index (χ3v) is 9.36. The molecular formula is C24H24O6Si. The van der Waals surface area contributed by atoms with Crippen molar-refractivity contribution in [3.05, 3.63) is 72.8 Å². The topological polar surface area (TPSA) is 71.1 Å². The summed E-state index contributed by atoms with van der Waals surface area (Å²) in [6, 6.07) is 19.8. The Morgan fingerprint density at radius 3 is 1.42 bits per heavy atom. The zero-order valence-corrected chi connectivity index (χ0v) is 18.0. The summed E-state index contributed by atoms with van der Waals surface area (Å²) in [5.41, 5.74) is 0. The van der Waals surface area contributed by atoms with Crippen molar-refractivity contribution < 1.29 is 27.9 Å². The Morgan fingerprint density at radius 2 is 1.06 bits per heavy atom. The molecule has 0 bridgehead atoms. The van der Waals surface area contributed by atoms with Gasteiger partial charge in [0, 0.05) is 12.8 Å². The van der Waals surface area contributed by atoms with Crippen molar-refractivity contribution in [2.24, 2.45) is 0 Å². The lowest BCUT2D eigenvalue weighted by Crippen LogP contribution is -2.66. The van der Waals surface area contributed by atoms with E-state index in [1.807, 2.05) is 72.8 Å². The highest BCUT2D eigenvalue weighted by molar-refractivity contribution is 6.92. The van der Waals surface area contributed by atoms with Gasteiger partial charge in [-0.05, 0) is 23.2 Å². The molecule has 2 saturated heterocycles. The van der Waals surface area contributed by atoms with Crippen LogP contribution >= 0.6 is 0 Å². The second-order valence-electron chi connectivity index (χ2n) is 8.03. The average molecular weight is 437 g/mol. The van der Waals surface area contributed by atoms with Crippen molar-refractivity contribution in [2.75, 3.05) is 0 Å². The molecule has 0 amide bonds. The molecule has 2 aromatic carbocycles. The van der Waals surface area contributed by atoms with Gasteiger partial charge in [-0.15, -0.1) is 0 Å². The number of carbonyl (C=O) groups excluding carboxylic acids is 2. The van der Waals surface area contributed by atoms with E-state index in [9.17, 15) is 9.59 Å². The summed E-state index contributed by atoms with van der Waals surface area (Å²) in [6.45, 7) is 0. The molecule has 0 radical (unpaired) electrons. The van der Waals surface area contributed by atoms with Crippen LogP contribution in [0.25, 0.3) is 0 Å². The van der Waals surface area contributed by atoms with Crippen LogP contribution < -0.4 is 10.4 Å². The molecule has 160 valence electrons. The monoisotopic (exact) mass is 436 g/mol. The molecule has 0 saturated carbocycles. The third-order valence-electron chi connectivity index (χ3n) is 5.97. The summed E-state index contributed by atoms with van der Waals surface area (Å²) < 4.78 is 24.8. The fourth-order valence-corrected chi connectivity index (χ4v) is 7.84. The van der Waals surface area contributed by atoms with Crippen molar-refractivity contribution in [3.8, 4) is 0 Å². The standard InChI is InChI=1S/C24H24O6Si/c25-23-15-13-19(27-23)21-11-12-22(20-14-16-24(26)28-20)30-31(29-21,17-7-3-1-4-8-17)18-9-5-2-6-10-18/h1-12,19-22H,13-16H2/t19-,20-,21-,22-/m0/s1. The predicted molar refractivity (Wildman–Crippen MR) is 115 cm³/mol. The normalized spacial score (nSPS) is 29.9. The van der Waals surface area contributed by atoms with E-state index >= 15 is 0 Å². The summed E-state index contributed by atoms with van der Waals surface area (Å²) in [5, 5.41) is 1.90. The molecular weight excluding hydrogens is 412 g/mol. The molecule has 2 fully saturated rings. The highest BCUT2D eigenvalue weighted by Crippen LogP contribution is 2.30. The fraction of sp³-hybridized carbons (Fsp3) is 0.333. The van der Waals surface area contributed by atoms with Gasteiger partial charge >= 0.3 is 20.5 Å². The third kappa shape index (κ3) is 3.96. The van der Waals surface area contributed by atoms with E-state index in [4.69, 9.17) is 18.3 Å². The molecule has 3 heterocycles. The van der Waals surface area contributed by atoms with E-state index in [1.165, 1.54) is 0 Å². The van der Waals surface area contributed by atoms with E-state index in [-0.39, 0.29) is 24.1 Å². The Morgan fingerprint density at radius 1 is 0.645 bits per heavy atom. The van der Waals surface area contributed by atoms with Gasteiger partial charge in [-0.3, -0.25) is 9.59 Å². The first-order valence-electron chi connectivity index (χ1n) is 10.7. The van der Waals surface area contributed by atoms with Crippen LogP contribution in [0.15, 0.2) is 72.8 Å². The van der Waals surface area contributed by atoms with E-state index < -0.39 is 20.8 Å². The second kappa shape index (κ2) is 8.41. The Balaban J connectivity index is 1.61. The molecule has 0 N–H and O–H groups in total. The number of ether oxygens (including phenoxy) is 2. The molecule has 6 nitrogen and oxygen atoms in total. The Kier molecular flexibility index (Phi) is 5.48. The summed E-state index contributed by atoms with van der Waals surface area (Å²) in [4.78, 5) is 23.6. The molecule has 2 aromatic rings. The Hall–Kier alpha value is -2.74. The smallest absolute Gasteiger partial charge is 0.408 e. The van der Waals surface area contributed by atoms with Gasteiger partial charge in [-0.1, -0.05) is 72.8 Å². The molecule has 4 atom stereocenters. The summed E-state index contributed by atoms with van der Waals surface area (Å²) in [7, 11) is -3.24. The lowest BCUT2D eigenvalue weighted by Gasteiger charge is -2.36. The highest BCUT2D eigenvalue weighted by atomic mass is 28.4. The average Bonchev–Trinajstić information content (AvgIpc) is 3.38. The molecule has 0 unspecified atom stereocenters. The van der Waals surface area contributed by atoms with Crippen LogP contribution in [0.3, 0.4) is 0 Å². The van der Waals surface area contributed by atoms with Crippen LogP contribution in [-0.4, -0.2) is 44.9 Å². The van der Waals surface area contributed by atoms with Crippen molar-refractivity contribution in [1.82, 2.24) is 0 Å². The molecule has 3 aliphatic rings. The maximum atomic E-state index is 11.8. The molecule has 0 aliphatic carbocycles. The number of carbonyl (C=O) groups is 2. The molecule has 31 heavy (non-hydrogen) atoms. The summed E-state index contributed by atoms with van der Waals surface area (Å²) >= 11 is 0. The maximum absolute atomic E-state index is 11.8. The number of rotatable bonds is 4. The van der Waals surface area contributed by atoms with E-state index in [2.05, 4.69) is 0 Å². The van der Waals surface area contributed by atoms with Gasteiger partial charge in [0.1, 0.15) is 24.4 Å². The predicted octanol–water partition coefficient (Wildman–Crippen LogP) is 1.99. The fourth-order valence-electron chi connectivity index (χ4n) is 4.42. The number of hydrogen-bond acceptors (Lipinski definition) is 6. The number of hydrogen-bond donors (Lipinski definition) is 0. The Bertz CT molecular complexity index is 897. The molecule has 0 aromatic heterocycles. The molecule has 0 spiro atoms. The number of benzene rings is 2. The van der Waals surface area contributed by atoms with Crippen LogP contribution in [0.5, 0.6) is 0 Å². The van der Waals surface area contributed by atoms with Crippen LogP contribution in [0.2, 0.25) is 0 Å². The minimum absolute atomic E-state index is 0.208. The minimum atomic E-state index is -3.24. The van der Waals surface area contributed by atoms with Crippen molar-refractivity contribution >= 4 is 30.9 Å². The van der Waals surface area contributed by atoms with Gasteiger partial charge in [0.15, 0.2) is 0 Å². The van der Waals surface area contributed by atoms with Crippen LogP contribution in [-0.2, 0) is 27.9 Å². The van der Waals surface area contributed by atoms with Crippen LogP contribution in [0.4, 0.5) is 0 Å². The van der Waals surface area contributed by atoms with Gasteiger partial charge in [-0.25, -0.2) is 0 Å². The Labute approximate surface area is 182 Å². The van der Waals surface area contributed by atoms with E-state index in [1.54, 1.807) is 0 Å². The van der Waals surface area contributed by atoms with E-state index in [0.717, 1.165) is 10.4 Å². The number of cyclic esters (lactones) is 2. The first-order chi connectivity index (χ1) is 15.1. The summed E-state index contributed by atoms with van der Waals surface area (Å²) in [6.07, 6.45) is 4.19. The zero-order chi connectivity index (χ0) is 21.3. The lowest BCUT2D eigenvalue weighted by molar-refractivity contribution is -0.144. The zero-order valence-electron chi connectivity index (χ0n) is 17.0. The first-order valence-corrected chi connectivity index (χ1v) is 12.5.